The van der Waals surface area contributed by atoms with Crippen LogP contribution in [0, 0.1) is 0 Å². The smallest absolute Gasteiger partial charge is 0.264 e. The third-order valence-electron chi connectivity index (χ3n) is 5.15. The first kappa shape index (κ1) is 20.9. The van der Waals surface area contributed by atoms with Crippen LogP contribution >= 0.6 is 34.8 Å². The minimum Gasteiger partial charge on any atom is -0.375 e. The number of rotatable bonds is 5. The normalized spacial score (nSPS) is 17.9. The molecule has 1 N–H and O–H groups in total. The van der Waals surface area contributed by atoms with Gasteiger partial charge in [-0.2, -0.15) is 0 Å². The van der Waals surface area contributed by atoms with E-state index in [2.05, 4.69) is 0 Å². The monoisotopic (exact) mass is 459 g/mol. The summed E-state index contributed by atoms with van der Waals surface area (Å²) < 4.78 is 0. The quantitative estimate of drug-likeness (QED) is 0.500. The van der Waals surface area contributed by atoms with Crippen LogP contribution in [0.1, 0.15) is 27.9 Å². The lowest BCUT2D eigenvalue weighted by Gasteiger charge is -2.23. The van der Waals surface area contributed by atoms with E-state index in [0.717, 1.165) is 5.56 Å². The highest BCUT2D eigenvalue weighted by Crippen LogP contribution is 2.43. The number of anilines is 1. The average molecular weight is 461 g/mol. The molecule has 0 spiro atoms. The van der Waals surface area contributed by atoms with Gasteiger partial charge in [-0.05, 0) is 48.0 Å². The largest absolute Gasteiger partial charge is 0.375 e. The molecule has 0 fully saturated rings. The van der Waals surface area contributed by atoms with Gasteiger partial charge in [0.15, 0.2) is 11.4 Å². The van der Waals surface area contributed by atoms with Crippen LogP contribution in [0.15, 0.2) is 66.7 Å². The zero-order valence-corrected chi connectivity index (χ0v) is 17.9. The molecule has 3 aromatic rings. The predicted octanol–water partition coefficient (Wildman–Crippen LogP) is 5.65. The Labute approximate surface area is 188 Å². The van der Waals surface area contributed by atoms with E-state index in [0.29, 0.717) is 31.9 Å². The number of hydrogen-bond acceptors (Lipinski definition) is 3. The fraction of sp³-hybridized carbons (Fsp3) is 0.130. The van der Waals surface area contributed by atoms with Crippen LogP contribution in [0.2, 0.25) is 15.1 Å². The fourth-order valence-electron chi connectivity index (χ4n) is 3.63. The maximum Gasteiger partial charge on any atom is 0.264 e. The van der Waals surface area contributed by atoms with Gasteiger partial charge in [0.25, 0.3) is 5.91 Å². The van der Waals surface area contributed by atoms with E-state index in [4.69, 9.17) is 34.8 Å². The lowest BCUT2D eigenvalue weighted by atomic mass is 9.88. The minimum absolute atomic E-state index is 0.185. The number of amides is 1. The summed E-state index contributed by atoms with van der Waals surface area (Å²) in [6, 6.07) is 18.4. The van der Waals surface area contributed by atoms with Crippen molar-refractivity contribution < 1.29 is 14.7 Å². The van der Waals surface area contributed by atoms with Crippen LogP contribution in [-0.4, -0.2) is 16.8 Å². The van der Waals surface area contributed by atoms with Gasteiger partial charge in [-0.3, -0.25) is 9.59 Å². The molecule has 0 radical (unpaired) electrons. The summed E-state index contributed by atoms with van der Waals surface area (Å²) >= 11 is 18.0. The molecule has 1 unspecified atom stereocenters. The predicted molar refractivity (Wildman–Crippen MR) is 118 cm³/mol. The fourth-order valence-corrected chi connectivity index (χ4v) is 4.07. The first-order valence-corrected chi connectivity index (χ1v) is 10.3. The van der Waals surface area contributed by atoms with Gasteiger partial charge in [0.2, 0.25) is 0 Å². The van der Waals surface area contributed by atoms with Crippen molar-refractivity contribution in [1.29, 1.82) is 0 Å². The number of hydrogen-bond donors (Lipinski definition) is 1. The maximum absolute atomic E-state index is 13.3. The molecule has 4 rings (SSSR count). The van der Waals surface area contributed by atoms with Crippen LogP contribution in [0.3, 0.4) is 0 Å². The van der Waals surface area contributed by atoms with Crippen molar-refractivity contribution in [3.63, 3.8) is 0 Å². The van der Waals surface area contributed by atoms with Gasteiger partial charge in [0, 0.05) is 16.1 Å². The number of nitrogens with zero attached hydrogens (tertiary/aromatic N) is 1. The Bertz CT molecular complexity index is 1150. The van der Waals surface area contributed by atoms with Crippen LogP contribution in [0.5, 0.6) is 0 Å². The van der Waals surface area contributed by atoms with Crippen LogP contribution in [-0.2, 0) is 16.9 Å². The topological polar surface area (TPSA) is 57.6 Å². The summed E-state index contributed by atoms with van der Waals surface area (Å²) in [7, 11) is 0. The molecule has 152 valence electrons. The highest BCUT2D eigenvalue weighted by Gasteiger charge is 2.50. The summed E-state index contributed by atoms with van der Waals surface area (Å²) in [5, 5.41) is 12.7. The summed E-state index contributed by atoms with van der Waals surface area (Å²) in [4.78, 5) is 27.6. The van der Waals surface area contributed by atoms with E-state index < -0.39 is 11.5 Å². The van der Waals surface area contributed by atoms with E-state index in [9.17, 15) is 14.7 Å². The Kier molecular flexibility index (Phi) is 5.60. The van der Waals surface area contributed by atoms with E-state index in [1.165, 1.54) is 4.90 Å². The first-order valence-electron chi connectivity index (χ1n) is 9.16. The average Bonchev–Trinajstić information content (AvgIpc) is 2.93. The van der Waals surface area contributed by atoms with Crippen LogP contribution in [0.4, 0.5) is 5.69 Å². The molecule has 1 amide bonds. The lowest BCUT2D eigenvalue weighted by Crippen LogP contribution is -2.41. The first-order chi connectivity index (χ1) is 14.3. The Morgan fingerprint density at radius 1 is 0.933 bits per heavy atom. The molecule has 4 nitrogen and oxygen atoms in total. The zero-order valence-electron chi connectivity index (χ0n) is 15.6. The van der Waals surface area contributed by atoms with Gasteiger partial charge in [0.05, 0.1) is 28.7 Å². The number of ketones is 1. The third-order valence-corrected chi connectivity index (χ3v) is 6.14. The Morgan fingerprint density at radius 3 is 2.33 bits per heavy atom. The molecule has 0 aromatic heterocycles. The third kappa shape index (κ3) is 3.72. The molecule has 0 saturated heterocycles. The number of halogens is 3. The molecule has 0 bridgehead atoms. The molecular weight excluding hydrogens is 445 g/mol. The highest BCUT2D eigenvalue weighted by atomic mass is 35.5. The summed E-state index contributed by atoms with van der Waals surface area (Å²) in [5.74, 6) is -0.911. The van der Waals surface area contributed by atoms with Gasteiger partial charge in [-0.1, -0.05) is 59.1 Å². The maximum atomic E-state index is 13.3. The van der Waals surface area contributed by atoms with Crippen LogP contribution < -0.4 is 4.90 Å². The number of benzene rings is 3. The molecule has 30 heavy (non-hydrogen) atoms. The molecule has 1 aliphatic rings. The van der Waals surface area contributed by atoms with E-state index in [1.807, 2.05) is 0 Å². The zero-order chi connectivity index (χ0) is 21.5. The number of fused-ring (bicyclic) bond motifs is 1. The molecule has 3 aromatic carbocycles. The summed E-state index contributed by atoms with van der Waals surface area (Å²) in [5.41, 5.74) is 0.128. The van der Waals surface area contributed by atoms with E-state index in [-0.39, 0.29) is 18.7 Å². The molecule has 0 aliphatic carbocycles. The van der Waals surface area contributed by atoms with Crippen molar-refractivity contribution in [2.24, 2.45) is 0 Å². The van der Waals surface area contributed by atoms with Gasteiger partial charge in [-0.15, -0.1) is 0 Å². The number of aliphatic hydroxyl groups is 1. The van der Waals surface area contributed by atoms with E-state index >= 15 is 0 Å². The number of para-hydroxylation sites is 1. The molecular formula is C23H16Cl3NO3. The second-order valence-electron chi connectivity index (χ2n) is 7.12. The second kappa shape index (κ2) is 8.05. The molecule has 1 aliphatic heterocycles. The Balaban J connectivity index is 1.67. The van der Waals surface area contributed by atoms with Crippen molar-refractivity contribution in [2.45, 2.75) is 18.6 Å². The summed E-state index contributed by atoms with van der Waals surface area (Å²) in [6.45, 7) is 0.185. The van der Waals surface area contributed by atoms with Gasteiger partial charge in [0.1, 0.15) is 0 Å². The van der Waals surface area contributed by atoms with Crippen molar-refractivity contribution in [2.75, 3.05) is 4.90 Å². The van der Waals surface area contributed by atoms with E-state index in [1.54, 1.807) is 66.7 Å². The second-order valence-corrected chi connectivity index (χ2v) is 8.37. The number of carbonyl (C=O) groups is 2. The molecule has 1 atom stereocenters. The van der Waals surface area contributed by atoms with Crippen molar-refractivity contribution in [1.82, 2.24) is 0 Å². The highest BCUT2D eigenvalue weighted by molar-refractivity contribution is 6.42. The Hall–Kier alpha value is -2.37. The number of carbonyl (C=O) groups excluding carboxylic acids is 2. The van der Waals surface area contributed by atoms with Crippen molar-refractivity contribution in [3.8, 4) is 0 Å². The standard InChI is InChI=1S/C23H16Cl3NO3/c24-16-8-6-15(7-9-16)21(28)12-23(30)17-3-1-2-4-20(17)27(22(23)29)13-14-5-10-18(25)19(26)11-14/h1-11,30H,12-13H2. The Morgan fingerprint density at radius 2 is 1.63 bits per heavy atom. The molecule has 0 saturated carbocycles. The summed E-state index contributed by atoms with van der Waals surface area (Å²) in [6.07, 6.45) is -0.373. The van der Waals surface area contributed by atoms with Crippen molar-refractivity contribution >= 4 is 52.2 Å². The molecule has 7 heteroatoms. The number of Topliss-reactive ketones (excluding diaryl/α,β-unsaturated/α-hetero) is 1. The molecule has 1 heterocycles. The minimum atomic E-state index is -1.95. The van der Waals surface area contributed by atoms with Crippen LogP contribution in [0.25, 0.3) is 0 Å². The van der Waals surface area contributed by atoms with Gasteiger partial charge >= 0.3 is 0 Å². The lowest BCUT2D eigenvalue weighted by molar-refractivity contribution is -0.136. The SMILES string of the molecule is O=C(CC1(O)C(=O)N(Cc2ccc(Cl)c(Cl)c2)c2ccccc21)c1ccc(Cl)cc1. The van der Waals surface area contributed by atoms with Gasteiger partial charge < -0.3 is 10.0 Å². The van der Waals surface area contributed by atoms with Crippen molar-refractivity contribution in [3.05, 3.63) is 98.5 Å². The van der Waals surface area contributed by atoms with Gasteiger partial charge in [-0.25, -0.2) is 0 Å².